The maximum absolute atomic E-state index is 13.8. The first-order valence-corrected chi connectivity index (χ1v) is 9.93. The van der Waals surface area contributed by atoms with Crippen molar-refractivity contribution in [2.24, 2.45) is 10.8 Å². The molecule has 2 aliphatic carbocycles. The number of esters is 1. The number of benzene rings is 2. The molecule has 2 fully saturated rings. The van der Waals surface area contributed by atoms with Crippen LogP contribution in [-0.2, 0) is 20.7 Å². The number of rotatable bonds is 1. The van der Waals surface area contributed by atoms with E-state index in [0.29, 0.717) is 44.0 Å². The third kappa shape index (κ3) is 1.83. The van der Waals surface area contributed by atoms with Gasteiger partial charge in [-0.05, 0) is 18.1 Å². The fourth-order valence-electron chi connectivity index (χ4n) is 5.81. The summed E-state index contributed by atoms with van der Waals surface area (Å²) in [5.74, 6) is -1.06. The van der Waals surface area contributed by atoms with Crippen molar-refractivity contribution < 1.29 is 23.9 Å². The van der Waals surface area contributed by atoms with E-state index < -0.39 is 22.7 Å². The van der Waals surface area contributed by atoms with Crippen molar-refractivity contribution >= 4 is 17.7 Å². The summed E-state index contributed by atoms with van der Waals surface area (Å²) in [7, 11) is 0. The fourth-order valence-corrected chi connectivity index (χ4v) is 5.81. The zero-order valence-electron chi connectivity index (χ0n) is 15.7. The number of carbonyl (C=O) groups is 3. The second-order valence-electron chi connectivity index (χ2n) is 8.21. The zero-order chi connectivity index (χ0) is 19.8. The van der Waals surface area contributed by atoms with Gasteiger partial charge in [0.15, 0.2) is 11.2 Å². The molecule has 2 aliphatic heterocycles. The largest absolute Gasteiger partial charge is 0.425 e. The first-order chi connectivity index (χ1) is 14.1. The van der Waals surface area contributed by atoms with Gasteiger partial charge in [0, 0.05) is 30.1 Å². The Balaban J connectivity index is 1.56. The highest BCUT2D eigenvalue weighted by Gasteiger charge is 2.91. The van der Waals surface area contributed by atoms with Gasteiger partial charge >= 0.3 is 5.97 Å². The number of carbonyl (C=O) groups excluding carboxylic acids is 3. The lowest BCUT2D eigenvalue weighted by atomic mass is 9.87. The Kier molecular flexibility index (Phi) is 3.23. The number of nitrogens with zero attached hydrogens (tertiary/aromatic N) is 1. The number of fused-ring (bicyclic) bond motifs is 6. The van der Waals surface area contributed by atoms with Gasteiger partial charge in [-0.25, -0.2) is 0 Å². The fraction of sp³-hybridized carbons (Fsp3) is 0.348. The second-order valence-corrected chi connectivity index (χ2v) is 8.21. The molecular weight excluding hydrogens is 370 g/mol. The van der Waals surface area contributed by atoms with Crippen molar-refractivity contribution in [1.29, 1.82) is 0 Å². The predicted molar refractivity (Wildman–Crippen MR) is 102 cm³/mol. The standard InChI is InChI=1S/C23H19NO5/c25-19-15-6-2-1-5-14(15)13-22(19)18-16-7-3-4-8-17(16)29-21(27)23(18,22)20(26)24-9-11-28-12-10-24/h1-8,18H,9-13H2/t18-,22-,23+/m1/s1. The molecule has 6 heteroatoms. The van der Waals surface area contributed by atoms with E-state index in [-0.39, 0.29) is 11.7 Å². The Morgan fingerprint density at radius 3 is 2.52 bits per heavy atom. The molecule has 1 saturated heterocycles. The van der Waals surface area contributed by atoms with Crippen LogP contribution in [0, 0.1) is 10.8 Å². The van der Waals surface area contributed by atoms with E-state index in [4.69, 9.17) is 9.47 Å². The summed E-state index contributed by atoms with van der Waals surface area (Å²) in [6, 6.07) is 14.7. The van der Waals surface area contributed by atoms with Gasteiger partial charge in [0.1, 0.15) is 5.75 Å². The summed E-state index contributed by atoms with van der Waals surface area (Å²) in [5.41, 5.74) is -0.313. The van der Waals surface area contributed by atoms with E-state index in [0.717, 1.165) is 11.1 Å². The van der Waals surface area contributed by atoms with Crippen LogP contribution in [0.5, 0.6) is 5.75 Å². The molecule has 0 bridgehead atoms. The first-order valence-electron chi connectivity index (χ1n) is 9.93. The van der Waals surface area contributed by atoms with Crippen LogP contribution in [0.25, 0.3) is 0 Å². The molecule has 1 saturated carbocycles. The minimum Gasteiger partial charge on any atom is -0.425 e. The second kappa shape index (κ2) is 5.54. The Labute approximate surface area is 167 Å². The van der Waals surface area contributed by atoms with Crippen molar-refractivity contribution in [3.63, 3.8) is 0 Å². The van der Waals surface area contributed by atoms with Crippen LogP contribution in [0.2, 0.25) is 0 Å². The lowest BCUT2D eigenvalue weighted by Crippen LogP contribution is -2.51. The number of hydrogen-bond donors (Lipinski definition) is 0. The first kappa shape index (κ1) is 16.9. The maximum atomic E-state index is 13.8. The third-order valence-corrected chi connectivity index (χ3v) is 7.07. The summed E-state index contributed by atoms with van der Waals surface area (Å²) >= 11 is 0. The molecule has 0 radical (unpaired) electrons. The van der Waals surface area contributed by atoms with Gasteiger partial charge in [0.05, 0.1) is 18.6 Å². The molecule has 0 aromatic heterocycles. The number of amides is 1. The van der Waals surface area contributed by atoms with E-state index >= 15 is 0 Å². The zero-order valence-corrected chi connectivity index (χ0v) is 15.7. The van der Waals surface area contributed by atoms with Crippen molar-refractivity contribution in [1.82, 2.24) is 4.90 Å². The molecule has 0 N–H and O–H groups in total. The lowest BCUT2D eigenvalue weighted by molar-refractivity contribution is -0.156. The number of ketones is 1. The summed E-state index contributed by atoms with van der Waals surface area (Å²) in [4.78, 5) is 42.6. The van der Waals surface area contributed by atoms with Gasteiger partial charge in [0.2, 0.25) is 5.91 Å². The van der Waals surface area contributed by atoms with Gasteiger partial charge in [-0.2, -0.15) is 0 Å². The Morgan fingerprint density at radius 1 is 1.00 bits per heavy atom. The molecule has 1 amide bonds. The van der Waals surface area contributed by atoms with Gasteiger partial charge in [-0.15, -0.1) is 0 Å². The molecular formula is C23H19NO5. The molecule has 6 rings (SSSR count). The third-order valence-electron chi connectivity index (χ3n) is 7.07. The van der Waals surface area contributed by atoms with Gasteiger partial charge in [-0.3, -0.25) is 14.4 Å². The Morgan fingerprint density at radius 2 is 1.72 bits per heavy atom. The van der Waals surface area contributed by atoms with E-state index in [9.17, 15) is 14.4 Å². The smallest absolute Gasteiger partial charge is 0.328 e. The van der Waals surface area contributed by atoms with Gasteiger partial charge < -0.3 is 14.4 Å². The molecule has 3 atom stereocenters. The van der Waals surface area contributed by atoms with Crippen LogP contribution >= 0.6 is 0 Å². The van der Waals surface area contributed by atoms with Crippen molar-refractivity contribution in [2.75, 3.05) is 26.3 Å². The highest BCUT2D eigenvalue weighted by molar-refractivity contribution is 6.23. The molecule has 0 unspecified atom stereocenters. The minimum atomic E-state index is -1.49. The molecule has 2 aromatic rings. The van der Waals surface area contributed by atoms with Crippen LogP contribution in [0.4, 0.5) is 0 Å². The SMILES string of the molecule is O=C1Oc2ccccc2[C@H]2[C@@]1(C(=O)N1CCOCC1)[C@]21Cc2ccccc2C1=O. The Hall–Kier alpha value is -2.99. The highest BCUT2D eigenvalue weighted by atomic mass is 16.5. The van der Waals surface area contributed by atoms with Crippen molar-refractivity contribution in [2.45, 2.75) is 12.3 Å². The molecule has 6 nitrogen and oxygen atoms in total. The molecule has 29 heavy (non-hydrogen) atoms. The van der Waals surface area contributed by atoms with Crippen LogP contribution in [0.1, 0.15) is 27.4 Å². The number of hydrogen-bond acceptors (Lipinski definition) is 5. The number of Topliss-reactive ketones (excluding diaryl/α,β-unsaturated/α-hetero) is 1. The highest BCUT2D eigenvalue weighted by Crippen LogP contribution is 2.81. The normalized spacial score (nSPS) is 31.7. The quantitative estimate of drug-likeness (QED) is 0.424. The average molecular weight is 389 g/mol. The maximum Gasteiger partial charge on any atom is 0.328 e. The van der Waals surface area contributed by atoms with Crippen molar-refractivity contribution in [3.05, 3.63) is 65.2 Å². The summed E-state index contributed by atoms with van der Waals surface area (Å²) < 4.78 is 11.0. The van der Waals surface area contributed by atoms with Crippen LogP contribution in [0.15, 0.2) is 48.5 Å². The van der Waals surface area contributed by atoms with Gasteiger partial charge in [-0.1, -0.05) is 42.5 Å². The van der Waals surface area contributed by atoms with E-state index in [1.165, 1.54) is 0 Å². The monoisotopic (exact) mass is 389 g/mol. The van der Waals surface area contributed by atoms with Gasteiger partial charge in [0.25, 0.3) is 0 Å². The van der Waals surface area contributed by atoms with Crippen LogP contribution < -0.4 is 4.74 Å². The number of morpholine rings is 1. The summed E-state index contributed by atoms with van der Waals surface area (Å²) in [6.07, 6.45) is 0.381. The predicted octanol–water partition coefficient (Wildman–Crippen LogP) is 1.97. The summed E-state index contributed by atoms with van der Waals surface area (Å²) in [6.45, 7) is 1.69. The molecule has 4 aliphatic rings. The number of ether oxygens (including phenoxy) is 2. The Bertz CT molecular complexity index is 1090. The van der Waals surface area contributed by atoms with E-state index in [1.807, 2.05) is 30.3 Å². The molecule has 2 aromatic carbocycles. The van der Waals surface area contributed by atoms with E-state index in [2.05, 4.69) is 0 Å². The lowest BCUT2D eigenvalue weighted by Gasteiger charge is -2.32. The molecule has 2 heterocycles. The molecule has 1 spiro atoms. The van der Waals surface area contributed by atoms with Crippen molar-refractivity contribution in [3.8, 4) is 5.75 Å². The average Bonchev–Trinajstić information content (AvgIpc) is 3.28. The van der Waals surface area contributed by atoms with Crippen LogP contribution in [0.3, 0.4) is 0 Å². The summed E-state index contributed by atoms with van der Waals surface area (Å²) in [5, 5.41) is 0. The van der Waals surface area contributed by atoms with Crippen LogP contribution in [-0.4, -0.2) is 48.9 Å². The minimum absolute atomic E-state index is 0.117. The topological polar surface area (TPSA) is 72.9 Å². The molecule has 146 valence electrons. The number of para-hydroxylation sites is 1. The van der Waals surface area contributed by atoms with E-state index in [1.54, 1.807) is 23.1 Å².